The number of piperazine rings is 1. The average molecular weight is 485 g/mol. The molecule has 2 aromatic carbocycles. The van der Waals surface area contributed by atoms with Gasteiger partial charge >= 0.3 is 0 Å². The maximum absolute atomic E-state index is 12.5. The summed E-state index contributed by atoms with van der Waals surface area (Å²) in [6, 6.07) is 18.3. The Hall–Kier alpha value is -2.94. The lowest BCUT2D eigenvalue weighted by molar-refractivity contribution is 0.0751. The number of benzene rings is 2. The average Bonchev–Trinajstić information content (AvgIpc) is 3.34. The lowest BCUT2D eigenvalue weighted by Crippen LogP contribution is -2.48. The van der Waals surface area contributed by atoms with Gasteiger partial charge in [0.2, 0.25) is 0 Å². The molecule has 1 fully saturated rings. The summed E-state index contributed by atoms with van der Waals surface area (Å²) in [6.07, 6.45) is 0. The molecule has 32 heavy (non-hydrogen) atoms. The molecule has 2 amide bonds. The normalized spacial score (nSPS) is 13.5. The smallest absolute Gasteiger partial charge is 0.264 e. The number of anilines is 2. The molecule has 0 unspecified atom stereocenters. The highest BCUT2D eigenvalue weighted by molar-refractivity contribution is 7.80. The van der Waals surface area contributed by atoms with Crippen LogP contribution in [0.25, 0.3) is 0 Å². The van der Waals surface area contributed by atoms with Gasteiger partial charge in [0.25, 0.3) is 11.8 Å². The Morgan fingerprint density at radius 2 is 1.72 bits per heavy atom. The predicted molar refractivity (Wildman–Crippen MR) is 134 cm³/mol. The van der Waals surface area contributed by atoms with Gasteiger partial charge < -0.3 is 15.1 Å². The van der Waals surface area contributed by atoms with Crippen LogP contribution in [0.1, 0.15) is 20.0 Å². The Kier molecular flexibility index (Phi) is 7.04. The van der Waals surface area contributed by atoms with Crippen molar-refractivity contribution in [3.63, 3.8) is 0 Å². The minimum atomic E-state index is -0.323. The second kappa shape index (κ2) is 10.1. The summed E-state index contributed by atoms with van der Waals surface area (Å²) in [5, 5.41) is 8.30. The van der Waals surface area contributed by atoms with Gasteiger partial charge in [-0.05, 0) is 66.1 Å². The fourth-order valence-corrected chi connectivity index (χ4v) is 4.54. The number of nitrogens with one attached hydrogen (secondary N) is 2. The summed E-state index contributed by atoms with van der Waals surface area (Å²) in [5.74, 6) is -0.218. The van der Waals surface area contributed by atoms with Crippen molar-refractivity contribution < 1.29 is 9.59 Å². The van der Waals surface area contributed by atoms with Crippen LogP contribution in [0.2, 0.25) is 5.02 Å². The lowest BCUT2D eigenvalue weighted by Gasteiger charge is -2.36. The van der Waals surface area contributed by atoms with Gasteiger partial charge in [0.05, 0.1) is 4.88 Å². The summed E-state index contributed by atoms with van der Waals surface area (Å²) in [5.41, 5.74) is 2.29. The summed E-state index contributed by atoms with van der Waals surface area (Å²) in [6.45, 7) is 2.93. The summed E-state index contributed by atoms with van der Waals surface area (Å²) in [7, 11) is 0. The minimum absolute atomic E-state index is 0.104. The molecule has 164 valence electrons. The second-order valence-corrected chi connectivity index (χ2v) is 9.01. The third kappa shape index (κ3) is 5.45. The molecule has 0 radical (unpaired) electrons. The fourth-order valence-electron chi connectivity index (χ4n) is 3.45. The fraction of sp³-hybridized carbons (Fsp3) is 0.174. The number of hydrogen-bond donors (Lipinski definition) is 2. The highest BCUT2D eigenvalue weighted by Crippen LogP contribution is 2.21. The van der Waals surface area contributed by atoms with Gasteiger partial charge in [-0.3, -0.25) is 14.9 Å². The Morgan fingerprint density at radius 1 is 0.969 bits per heavy atom. The monoisotopic (exact) mass is 484 g/mol. The number of thiophene rings is 1. The van der Waals surface area contributed by atoms with E-state index in [9.17, 15) is 9.59 Å². The number of halogens is 1. The first kappa shape index (κ1) is 22.3. The molecule has 2 N–H and O–H groups in total. The standard InChI is InChI=1S/C23H21ClN4O2S2/c24-17-4-1-3-16(15-17)21(29)26-23(31)25-18-6-8-19(9-7-18)27-10-12-28(13-11-27)22(30)20-5-2-14-32-20/h1-9,14-15H,10-13H2,(H2,25,26,29,31). The zero-order valence-electron chi connectivity index (χ0n) is 17.1. The van der Waals surface area contributed by atoms with E-state index in [0.717, 1.165) is 29.3 Å². The van der Waals surface area contributed by atoms with Crippen LogP contribution in [0, 0.1) is 0 Å². The van der Waals surface area contributed by atoms with E-state index in [1.54, 1.807) is 24.3 Å². The first-order valence-electron chi connectivity index (χ1n) is 10.1. The van der Waals surface area contributed by atoms with Gasteiger partial charge in [0, 0.05) is 48.1 Å². The zero-order chi connectivity index (χ0) is 22.5. The Labute approximate surface area is 200 Å². The SMILES string of the molecule is O=C(NC(=S)Nc1ccc(N2CCN(C(=O)c3cccs3)CC2)cc1)c1cccc(Cl)c1. The van der Waals surface area contributed by atoms with Crippen LogP contribution >= 0.6 is 35.2 Å². The van der Waals surface area contributed by atoms with E-state index >= 15 is 0 Å². The maximum Gasteiger partial charge on any atom is 0.264 e. The second-order valence-electron chi connectivity index (χ2n) is 7.22. The van der Waals surface area contributed by atoms with Crippen LogP contribution in [0.15, 0.2) is 66.0 Å². The van der Waals surface area contributed by atoms with E-state index in [1.165, 1.54) is 11.3 Å². The zero-order valence-corrected chi connectivity index (χ0v) is 19.5. The van der Waals surface area contributed by atoms with E-state index in [2.05, 4.69) is 15.5 Å². The van der Waals surface area contributed by atoms with E-state index in [1.807, 2.05) is 46.7 Å². The van der Waals surface area contributed by atoms with E-state index < -0.39 is 0 Å². The van der Waals surface area contributed by atoms with Gasteiger partial charge in [-0.2, -0.15) is 0 Å². The molecule has 0 saturated carbocycles. The molecular formula is C23H21ClN4O2S2. The number of thiocarbonyl (C=S) groups is 1. The quantitative estimate of drug-likeness (QED) is 0.534. The third-order valence-electron chi connectivity index (χ3n) is 5.10. The van der Waals surface area contributed by atoms with Crippen LogP contribution < -0.4 is 15.5 Å². The largest absolute Gasteiger partial charge is 0.368 e. The molecule has 9 heteroatoms. The molecule has 1 aromatic heterocycles. The van der Waals surface area contributed by atoms with Crippen molar-refractivity contribution in [1.82, 2.24) is 10.2 Å². The van der Waals surface area contributed by atoms with E-state index in [0.29, 0.717) is 23.7 Å². The molecule has 0 atom stereocenters. The summed E-state index contributed by atoms with van der Waals surface area (Å²) in [4.78, 5) is 29.7. The van der Waals surface area contributed by atoms with Crippen molar-refractivity contribution >= 4 is 63.5 Å². The predicted octanol–water partition coefficient (Wildman–Crippen LogP) is 4.49. The lowest BCUT2D eigenvalue weighted by atomic mass is 10.2. The molecule has 4 rings (SSSR count). The van der Waals surface area contributed by atoms with Crippen molar-refractivity contribution in [3.05, 3.63) is 81.5 Å². The first-order valence-corrected chi connectivity index (χ1v) is 11.7. The number of nitrogens with zero attached hydrogens (tertiary/aromatic N) is 2. The van der Waals surface area contributed by atoms with Gasteiger partial charge in [-0.1, -0.05) is 23.7 Å². The number of amides is 2. The van der Waals surface area contributed by atoms with Crippen molar-refractivity contribution in [2.75, 3.05) is 36.4 Å². The number of rotatable bonds is 4. The molecule has 3 aromatic rings. The Morgan fingerprint density at radius 3 is 2.38 bits per heavy atom. The maximum atomic E-state index is 12.5. The van der Waals surface area contributed by atoms with Gasteiger partial charge in [-0.15, -0.1) is 11.3 Å². The molecule has 1 saturated heterocycles. The highest BCUT2D eigenvalue weighted by atomic mass is 35.5. The third-order valence-corrected chi connectivity index (χ3v) is 6.40. The van der Waals surface area contributed by atoms with Crippen LogP contribution in [0.3, 0.4) is 0 Å². The topological polar surface area (TPSA) is 64.7 Å². The number of carbonyl (C=O) groups is 2. The van der Waals surface area contributed by atoms with E-state index in [-0.39, 0.29) is 16.9 Å². The molecule has 0 spiro atoms. The van der Waals surface area contributed by atoms with Crippen LogP contribution in [-0.4, -0.2) is 48.0 Å². The van der Waals surface area contributed by atoms with Crippen molar-refractivity contribution in [1.29, 1.82) is 0 Å². The van der Waals surface area contributed by atoms with Crippen molar-refractivity contribution in [2.45, 2.75) is 0 Å². The molecular weight excluding hydrogens is 464 g/mol. The van der Waals surface area contributed by atoms with Gasteiger partial charge in [0.15, 0.2) is 5.11 Å². The first-order chi connectivity index (χ1) is 15.5. The molecule has 1 aliphatic rings. The van der Waals surface area contributed by atoms with E-state index in [4.69, 9.17) is 23.8 Å². The number of hydrogen-bond acceptors (Lipinski definition) is 5. The van der Waals surface area contributed by atoms with Crippen molar-refractivity contribution in [3.8, 4) is 0 Å². The summed E-state index contributed by atoms with van der Waals surface area (Å²) >= 11 is 12.7. The molecule has 6 nitrogen and oxygen atoms in total. The Bertz CT molecular complexity index is 1110. The minimum Gasteiger partial charge on any atom is -0.368 e. The van der Waals surface area contributed by atoms with Gasteiger partial charge in [0.1, 0.15) is 0 Å². The van der Waals surface area contributed by atoms with Crippen LogP contribution in [-0.2, 0) is 0 Å². The van der Waals surface area contributed by atoms with Crippen LogP contribution in [0.4, 0.5) is 11.4 Å². The summed E-state index contributed by atoms with van der Waals surface area (Å²) < 4.78 is 0. The molecule has 1 aliphatic heterocycles. The molecule has 0 bridgehead atoms. The van der Waals surface area contributed by atoms with Crippen LogP contribution in [0.5, 0.6) is 0 Å². The van der Waals surface area contributed by atoms with Gasteiger partial charge in [-0.25, -0.2) is 0 Å². The number of carbonyl (C=O) groups excluding carboxylic acids is 2. The highest BCUT2D eigenvalue weighted by Gasteiger charge is 2.22. The Balaban J connectivity index is 1.28. The molecule has 0 aliphatic carbocycles. The van der Waals surface area contributed by atoms with Crippen molar-refractivity contribution in [2.24, 2.45) is 0 Å². The molecule has 2 heterocycles.